The first-order chi connectivity index (χ1) is 15.3. The highest BCUT2D eigenvalue weighted by Gasteiger charge is 2.29. The van der Waals surface area contributed by atoms with E-state index in [0.29, 0.717) is 11.3 Å². The van der Waals surface area contributed by atoms with Gasteiger partial charge in [-0.15, -0.1) is 0 Å². The van der Waals surface area contributed by atoms with Crippen LogP contribution in [0.1, 0.15) is 15.9 Å². The highest BCUT2D eigenvalue weighted by molar-refractivity contribution is 7.89. The van der Waals surface area contributed by atoms with Crippen LogP contribution in [0.25, 0.3) is 5.69 Å². The van der Waals surface area contributed by atoms with Crippen molar-refractivity contribution < 1.29 is 22.4 Å². The lowest BCUT2D eigenvalue weighted by Gasteiger charge is -2.26. The van der Waals surface area contributed by atoms with Crippen molar-refractivity contribution in [3.63, 3.8) is 0 Å². The summed E-state index contributed by atoms with van der Waals surface area (Å²) in [7, 11) is -3.91. The van der Waals surface area contributed by atoms with Crippen LogP contribution in [0.5, 0.6) is 0 Å². The van der Waals surface area contributed by atoms with Crippen molar-refractivity contribution in [3.8, 4) is 5.69 Å². The van der Waals surface area contributed by atoms with Gasteiger partial charge in [0.2, 0.25) is 15.9 Å². The number of amides is 2. The van der Waals surface area contributed by atoms with Crippen LogP contribution in [0.4, 0.5) is 4.39 Å². The minimum Gasteiger partial charge on any atom is -0.354 e. The number of imidazole rings is 1. The fraction of sp³-hybridized carbons (Fsp3) is 0.190. The molecule has 1 aromatic heterocycles. The number of benzene rings is 2. The van der Waals surface area contributed by atoms with E-state index in [4.69, 9.17) is 0 Å². The highest BCUT2D eigenvalue weighted by atomic mass is 32.2. The van der Waals surface area contributed by atoms with Crippen LogP contribution in [0.3, 0.4) is 0 Å². The van der Waals surface area contributed by atoms with Crippen LogP contribution >= 0.6 is 0 Å². The standard InChI is InChI=1S/C21H20FN5O4S/c22-18-10-15(4-5-19(18)26-8-6-23-14-26)12-25-21(29)16-2-1-3-17(11-16)32(30,31)27-9-7-24-20(28)13-27/h1-6,8,10-11,14H,7,9,12-13H2,(H,24,28)(H,25,29). The van der Waals surface area contributed by atoms with Crippen molar-refractivity contribution in [1.29, 1.82) is 0 Å². The van der Waals surface area contributed by atoms with Gasteiger partial charge in [0.15, 0.2) is 0 Å². The van der Waals surface area contributed by atoms with Crippen LogP contribution in [-0.2, 0) is 21.4 Å². The molecule has 1 fully saturated rings. The van der Waals surface area contributed by atoms with E-state index in [1.54, 1.807) is 24.5 Å². The van der Waals surface area contributed by atoms with Gasteiger partial charge >= 0.3 is 0 Å². The maximum atomic E-state index is 14.4. The van der Waals surface area contributed by atoms with Crippen LogP contribution in [0, 0.1) is 5.82 Å². The van der Waals surface area contributed by atoms with Crippen molar-refractivity contribution >= 4 is 21.8 Å². The summed E-state index contributed by atoms with van der Waals surface area (Å²) in [4.78, 5) is 27.9. The molecule has 0 spiro atoms. The van der Waals surface area contributed by atoms with Crippen molar-refractivity contribution in [3.05, 3.63) is 78.1 Å². The largest absolute Gasteiger partial charge is 0.354 e. The maximum absolute atomic E-state index is 14.4. The summed E-state index contributed by atoms with van der Waals surface area (Å²) in [6, 6.07) is 10.2. The maximum Gasteiger partial charge on any atom is 0.251 e. The van der Waals surface area contributed by atoms with E-state index in [0.717, 1.165) is 4.31 Å². The Bertz CT molecular complexity index is 1260. The number of carbonyl (C=O) groups is 2. The molecule has 166 valence electrons. The topological polar surface area (TPSA) is 113 Å². The molecule has 0 radical (unpaired) electrons. The number of rotatable bonds is 6. The molecule has 2 N–H and O–H groups in total. The second kappa shape index (κ2) is 8.89. The molecule has 1 aliphatic rings. The zero-order chi connectivity index (χ0) is 22.7. The molecule has 1 aliphatic heterocycles. The molecule has 2 aromatic carbocycles. The number of piperazine rings is 1. The smallest absolute Gasteiger partial charge is 0.251 e. The van der Waals surface area contributed by atoms with Crippen molar-refractivity contribution in [2.24, 2.45) is 0 Å². The number of aromatic nitrogens is 2. The fourth-order valence-electron chi connectivity index (χ4n) is 3.32. The van der Waals surface area contributed by atoms with E-state index in [9.17, 15) is 22.4 Å². The molecule has 0 atom stereocenters. The van der Waals surface area contributed by atoms with Crippen LogP contribution in [-0.4, -0.2) is 53.7 Å². The molecule has 0 saturated carbocycles. The zero-order valence-electron chi connectivity index (χ0n) is 16.9. The monoisotopic (exact) mass is 457 g/mol. The zero-order valence-corrected chi connectivity index (χ0v) is 17.7. The predicted octanol–water partition coefficient (Wildman–Crippen LogP) is 1.06. The number of nitrogens with zero attached hydrogens (tertiary/aromatic N) is 3. The minimum atomic E-state index is -3.91. The number of carbonyl (C=O) groups excluding carboxylic acids is 2. The second-order valence-corrected chi connectivity index (χ2v) is 9.09. The summed E-state index contributed by atoms with van der Waals surface area (Å²) in [5.41, 5.74) is 1.02. The lowest BCUT2D eigenvalue weighted by Crippen LogP contribution is -2.49. The lowest BCUT2D eigenvalue weighted by atomic mass is 10.1. The van der Waals surface area contributed by atoms with Crippen molar-refractivity contribution in [2.45, 2.75) is 11.4 Å². The number of sulfonamides is 1. The molecule has 4 rings (SSSR count). The molecule has 3 aromatic rings. The Hall–Kier alpha value is -3.57. The van der Waals surface area contributed by atoms with Gasteiger partial charge in [-0.05, 0) is 35.9 Å². The summed E-state index contributed by atoms with van der Waals surface area (Å²) >= 11 is 0. The van der Waals surface area contributed by atoms with Crippen LogP contribution in [0.2, 0.25) is 0 Å². The van der Waals surface area contributed by atoms with E-state index >= 15 is 0 Å². The molecule has 0 aliphatic carbocycles. The lowest BCUT2D eigenvalue weighted by molar-refractivity contribution is -0.122. The molecule has 0 unspecified atom stereocenters. The fourth-order valence-corrected chi connectivity index (χ4v) is 4.77. The summed E-state index contributed by atoms with van der Waals surface area (Å²) in [5, 5.41) is 5.24. The van der Waals surface area contributed by atoms with Gasteiger partial charge in [0.25, 0.3) is 5.91 Å². The Morgan fingerprint density at radius 3 is 2.78 bits per heavy atom. The van der Waals surface area contributed by atoms with Crippen molar-refractivity contribution in [2.75, 3.05) is 19.6 Å². The van der Waals surface area contributed by atoms with Gasteiger partial charge in [0, 0.05) is 37.6 Å². The molecule has 1 saturated heterocycles. The first-order valence-electron chi connectivity index (χ1n) is 9.76. The quantitative estimate of drug-likeness (QED) is 0.575. The normalized spacial score (nSPS) is 14.7. The van der Waals surface area contributed by atoms with Gasteiger partial charge in [-0.25, -0.2) is 17.8 Å². The number of hydrogen-bond acceptors (Lipinski definition) is 5. The molecule has 0 bridgehead atoms. The van der Waals surface area contributed by atoms with Gasteiger partial charge in [-0.3, -0.25) is 9.59 Å². The van der Waals surface area contributed by atoms with Gasteiger partial charge in [-0.2, -0.15) is 4.31 Å². The van der Waals surface area contributed by atoms with E-state index < -0.39 is 21.7 Å². The van der Waals surface area contributed by atoms with Crippen molar-refractivity contribution in [1.82, 2.24) is 24.5 Å². The van der Waals surface area contributed by atoms with E-state index in [1.165, 1.54) is 41.2 Å². The minimum absolute atomic E-state index is 0.0588. The van der Waals surface area contributed by atoms with Crippen LogP contribution < -0.4 is 10.6 Å². The summed E-state index contributed by atoms with van der Waals surface area (Å²) in [6.07, 6.45) is 4.65. The molecular weight excluding hydrogens is 437 g/mol. The Kier molecular flexibility index (Phi) is 6.01. The third-order valence-electron chi connectivity index (χ3n) is 4.99. The summed E-state index contributed by atoms with van der Waals surface area (Å²) in [6.45, 7) is 0.183. The Morgan fingerprint density at radius 1 is 1.22 bits per heavy atom. The Morgan fingerprint density at radius 2 is 2.06 bits per heavy atom. The molecule has 11 heteroatoms. The van der Waals surface area contributed by atoms with E-state index in [1.807, 2.05) is 0 Å². The highest BCUT2D eigenvalue weighted by Crippen LogP contribution is 2.19. The van der Waals surface area contributed by atoms with E-state index in [-0.39, 0.29) is 42.5 Å². The third kappa shape index (κ3) is 4.53. The number of halogens is 1. The Labute approximate surface area is 183 Å². The average Bonchev–Trinajstić information content (AvgIpc) is 3.32. The molecule has 32 heavy (non-hydrogen) atoms. The third-order valence-corrected chi connectivity index (χ3v) is 6.83. The predicted molar refractivity (Wildman–Crippen MR) is 113 cm³/mol. The summed E-state index contributed by atoms with van der Waals surface area (Å²) < 4.78 is 42.6. The summed E-state index contributed by atoms with van der Waals surface area (Å²) in [5.74, 6) is -1.34. The molecule has 9 nitrogen and oxygen atoms in total. The number of hydrogen-bond donors (Lipinski definition) is 2. The second-order valence-electron chi connectivity index (χ2n) is 7.15. The number of nitrogens with one attached hydrogen (secondary N) is 2. The average molecular weight is 457 g/mol. The van der Waals surface area contributed by atoms with Gasteiger partial charge < -0.3 is 15.2 Å². The SMILES string of the molecule is O=C1CN(S(=O)(=O)c2cccc(C(=O)NCc3ccc(-n4ccnc4)c(F)c3)c2)CCN1. The van der Waals surface area contributed by atoms with Gasteiger partial charge in [-0.1, -0.05) is 12.1 Å². The van der Waals surface area contributed by atoms with Gasteiger partial charge in [0.1, 0.15) is 5.82 Å². The van der Waals surface area contributed by atoms with Crippen LogP contribution in [0.15, 0.2) is 66.1 Å². The van der Waals surface area contributed by atoms with Gasteiger partial charge in [0.05, 0.1) is 23.5 Å². The Balaban J connectivity index is 1.45. The molecular formula is C21H20FN5O4S. The molecule has 2 amide bonds. The molecule has 2 heterocycles. The first kappa shape index (κ1) is 21.7. The van der Waals surface area contributed by atoms with E-state index in [2.05, 4.69) is 15.6 Å². The first-order valence-corrected chi connectivity index (χ1v) is 11.2.